The summed E-state index contributed by atoms with van der Waals surface area (Å²) in [6, 6.07) is 0. The van der Waals surface area contributed by atoms with Crippen molar-refractivity contribution in [3.05, 3.63) is 38.0 Å². The third-order valence-corrected chi connectivity index (χ3v) is 3.47. The van der Waals surface area contributed by atoms with Gasteiger partial charge in [0.25, 0.3) is 11.1 Å². The molecule has 108 valence electrons. The van der Waals surface area contributed by atoms with Gasteiger partial charge in [0.1, 0.15) is 22.3 Å². The highest BCUT2D eigenvalue weighted by Crippen LogP contribution is 2.19. The molecule has 0 aromatic carbocycles. The number of aromatic nitrogens is 5. The highest BCUT2D eigenvalue weighted by molar-refractivity contribution is 7.12. The fourth-order valence-corrected chi connectivity index (χ4v) is 2.48. The molecule has 0 spiro atoms. The van der Waals surface area contributed by atoms with Crippen LogP contribution in [0.4, 0.5) is 0 Å². The molecular weight excluding hydrogens is 298 g/mol. The lowest BCUT2D eigenvalue weighted by atomic mass is 10.3. The molecule has 3 aromatic rings. The van der Waals surface area contributed by atoms with Gasteiger partial charge in [0.05, 0.1) is 6.61 Å². The van der Waals surface area contributed by atoms with Crippen molar-refractivity contribution in [2.45, 2.75) is 6.92 Å². The van der Waals surface area contributed by atoms with Crippen LogP contribution in [-0.4, -0.2) is 37.4 Å². The molecule has 0 aliphatic rings. The average Bonchev–Trinajstić information content (AvgIpc) is 3.06. The third-order valence-electron chi connectivity index (χ3n) is 2.76. The van der Waals surface area contributed by atoms with E-state index >= 15 is 0 Å². The van der Waals surface area contributed by atoms with Crippen molar-refractivity contribution >= 4 is 23.0 Å². The van der Waals surface area contributed by atoms with E-state index in [1.807, 2.05) is 0 Å². The predicted octanol–water partition coefficient (Wildman–Crippen LogP) is 0.0111. The first-order valence-corrected chi connectivity index (χ1v) is 6.81. The van der Waals surface area contributed by atoms with Gasteiger partial charge in [-0.15, -0.1) is 10.2 Å². The van der Waals surface area contributed by atoms with Gasteiger partial charge in [-0.1, -0.05) is 11.3 Å². The number of fused-ring (bicyclic) bond motifs is 1. The lowest BCUT2D eigenvalue weighted by molar-refractivity contribution is 0.0523. The standard InChI is InChI=1S/C11H9N5O4S/c1-2-20-11(19)5-3-12-7-6(9-14-13-4-21-9)8(17)15-16(7)10(5)18/h3-4,12H,2H2,1H3,(H,15,17). The van der Waals surface area contributed by atoms with E-state index in [9.17, 15) is 14.4 Å². The van der Waals surface area contributed by atoms with Gasteiger partial charge < -0.3 is 9.72 Å². The molecule has 0 unspecified atom stereocenters. The molecule has 0 atom stereocenters. The SMILES string of the molecule is CCOC(=O)c1c[nH]c2c(-c3nncs3)c(=O)[nH]n2c1=O. The van der Waals surface area contributed by atoms with Crippen molar-refractivity contribution < 1.29 is 9.53 Å². The van der Waals surface area contributed by atoms with E-state index in [2.05, 4.69) is 20.3 Å². The van der Waals surface area contributed by atoms with E-state index < -0.39 is 17.1 Å². The number of carbonyl (C=O) groups excluding carboxylic acids is 1. The Balaban J connectivity index is 2.26. The maximum atomic E-state index is 12.2. The van der Waals surface area contributed by atoms with Gasteiger partial charge in [-0.3, -0.25) is 14.7 Å². The molecule has 0 aliphatic carbocycles. The van der Waals surface area contributed by atoms with Gasteiger partial charge in [0, 0.05) is 6.20 Å². The Kier molecular flexibility index (Phi) is 3.14. The second kappa shape index (κ2) is 4.98. The quantitative estimate of drug-likeness (QED) is 0.657. The zero-order valence-electron chi connectivity index (χ0n) is 10.7. The molecule has 0 bridgehead atoms. The molecule has 3 heterocycles. The number of carbonyl (C=O) groups is 1. The van der Waals surface area contributed by atoms with Gasteiger partial charge in [-0.25, -0.2) is 4.79 Å². The van der Waals surface area contributed by atoms with Gasteiger partial charge in [0.15, 0.2) is 5.01 Å². The summed E-state index contributed by atoms with van der Waals surface area (Å²) in [5, 5.41) is 10.2. The van der Waals surface area contributed by atoms with Crippen molar-refractivity contribution in [2.75, 3.05) is 6.61 Å². The third kappa shape index (κ3) is 2.05. The number of hydrogen-bond donors (Lipinski definition) is 2. The van der Waals surface area contributed by atoms with E-state index in [1.165, 1.54) is 11.7 Å². The summed E-state index contributed by atoms with van der Waals surface area (Å²) in [5.41, 5.74) is 0.527. The summed E-state index contributed by atoms with van der Waals surface area (Å²) < 4.78 is 5.75. The minimum Gasteiger partial charge on any atom is -0.462 e. The summed E-state index contributed by atoms with van der Waals surface area (Å²) in [5.74, 6) is -0.757. The van der Waals surface area contributed by atoms with E-state index in [-0.39, 0.29) is 23.4 Å². The number of ether oxygens (including phenoxy) is 1. The molecule has 10 heteroatoms. The molecule has 2 N–H and O–H groups in total. The summed E-state index contributed by atoms with van der Waals surface area (Å²) in [7, 11) is 0. The van der Waals surface area contributed by atoms with Crippen molar-refractivity contribution in [3.8, 4) is 10.6 Å². The molecule has 3 rings (SSSR count). The van der Waals surface area contributed by atoms with Crippen molar-refractivity contribution in [2.24, 2.45) is 0 Å². The molecule has 0 saturated carbocycles. The Bertz CT molecular complexity index is 920. The number of nitrogens with one attached hydrogen (secondary N) is 2. The zero-order valence-corrected chi connectivity index (χ0v) is 11.6. The number of hydrogen-bond acceptors (Lipinski definition) is 7. The van der Waals surface area contributed by atoms with Crippen molar-refractivity contribution in [3.63, 3.8) is 0 Å². The second-order valence-electron chi connectivity index (χ2n) is 3.97. The summed E-state index contributed by atoms with van der Waals surface area (Å²) in [6.07, 6.45) is 1.22. The molecular formula is C11H9N5O4S. The highest BCUT2D eigenvalue weighted by Gasteiger charge is 2.20. The Morgan fingerprint density at radius 3 is 2.95 bits per heavy atom. The number of esters is 1. The predicted molar refractivity (Wildman–Crippen MR) is 73.5 cm³/mol. The minimum absolute atomic E-state index is 0.147. The van der Waals surface area contributed by atoms with E-state index in [1.54, 1.807) is 6.92 Å². The van der Waals surface area contributed by atoms with Crippen molar-refractivity contribution in [1.82, 2.24) is 24.8 Å². The van der Waals surface area contributed by atoms with Gasteiger partial charge >= 0.3 is 5.97 Å². The normalized spacial score (nSPS) is 10.9. The molecule has 0 radical (unpaired) electrons. The first-order valence-electron chi connectivity index (χ1n) is 5.93. The molecule has 9 nitrogen and oxygen atoms in total. The molecule has 3 aromatic heterocycles. The minimum atomic E-state index is -0.757. The first kappa shape index (κ1) is 13.2. The van der Waals surface area contributed by atoms with Crippen LogP contribution in [0.5, 0.6) is 0 Å². The monoisotopic (exact) mass is 307 g/mol. The van der Waals surface area contributed by atoms with Gasteiger partial charge in [0.2, 0.25) is 0 Å². The van der Waals surface area contributed by atoms with E-state index in [0.29, 0.717) is 5.01 Å². The van der Waals surface area contributed by atoms with Crippen LogP contribution < -0.4 is 11.1 Å². The lowest BCUT2D eigenvalue weighted by Crippen LogP contribution is -2.25. The van der Waals surface area contributed by atoms with Crippen LogP contribution in [0.25, 0.3) is 16.2 Å². The smallest absolute Gasteiger partial charge is 0.345 e. The maximum Gasteiger partial charge on any atom is 0.345 e. The maximum absolute atomic E-state index is 12.2. The lowest BCUT2D eigenvalue weighted by Gasteiger charge is -2.02. The Labute approximate surface area is 120 Å². The molecule has 21 heavy (non-hydrogen) atoms. The summed E-state index contributed by atoms with van der Waals surface area (Å²) >= 11 is 1.16. The summed E-state index contributed by atoms with van der Waals surface area (Å²) in [4.78, 5) is 38.6. The van der Waals surface area contributed by atoms with E-state index in [4.69, 9.17) is 4.74 Å². The Morgan fingerprint density at radius 2 is 2.29 bits per heavy atom. The Morgan fingerprint density at radius 1 is 1.48 bits per heavy atom. The van der Waals surface area contributed by atoms with Gasteiger partial charge in [-0.05, 0) is 6.92 Å². The first-order chi connectivity index (χ1) is 10.1. The van der Waals surface area contributed by atoms with Crippen LogP contribution in [0.15, 0.2) is 21.3 Å². The number of H-pyrrole nitrogens is 2. The average molecular weight is 307 g/mol. The van der Waals surface area contributed by atoms with E-state index in [0.717, 1.165) is 15.9 Å². The number of nitrogens with zero attached hydrogens (tertiary/aromatic N) is 3. The fourth-order valence-electron chi connectivity index (χ4n) is 1.88. The van der Waals surface area contributed by atoms with Crippen LogP contribution in [0.1, 0.15) is 17.3 Å². The fraction of sp³-hybridized carbons (Fsp3) is 0.182. The van der Waals surface area contributed by atoms with Crippen LogP contribution in [-0.2, 0) is 4.74 Å². The van der Waals surface area contributed by atoms with Crippen LogP contribution >= 0.6 is 11.3 Å². The number of aromatic amines is 2. The second-order valence-corrected chi connectivity index (χ2v) is 4.81. The van der Waals surface area contributed by atoms with Crippen LogP contribution in [0.3, 0.4) is 0 Å². The highest BCUT2D eigenvalue weighted by atomic mass is 32.1. The molecule has 0 aliphatic heterocycles. The van der Waals surface area contributed by atoms with Crippen LogP contribution in [0, 0.1) is 0 Å². The molecule has 0 saturated heterocycles. The Hall–Kier alpha value is -2.75. The van der Waals surface area contributed by atoms with Crippen molar-refractivity contribution in [1.29, 1.82) is 0 Å². The number of rotatable bonds is 3. The van der Waals surface area contributed by atoms with Crippen LogP contribution in [0.2, 0.25) is 0 Å². The summed E-state index contributed by atoms with van der Waals surface area (Å²) in [6.45, 7) is 1.78. The van der Waals surface area contributed by atoms with Gasteiger partial charge in [-0.2, -0.15) is 4.52 Å². The largest absolute Gasteiger partial charge is 0.462 e. The molecule has 0 amide bonds. The topological polar surface area (TPSA) is 122 Å². The zero-order chi connectivity index (χ0) is 15.0. The molecule has 0 fully saturated rings.